The average Bonchev–Trinajstić information content (AvgIpc) is 2.74. The Labute approximate surface area is 94.8 Å². The highest BCUT2D eigenvalue weighted by molar-refractivity contribution is 6.07. The molecule has 90 valence electrons. The third-order valence-electron chi connectivity index (χ3n) is 3.61. The van der Waals surface area contributed by atoms with Crippen molar-refractivity contribution >= 4 is 11.9 Å². The SMILES string of the molecule is CC(O)CCN1C(=O)NC(=O)C12CCCC2. The fourth-order valence-corrected chi connectivity index (χ4v) is 2.69. The highest BCUT2D eigenvalue weighted by atomic mass is 16.3. The van der Waals surface area contributed by atoms with Gasteiger partial charge < -0.3 is 10.0 Å². The Kier molecular flexibility index (Phi) is 2.88. The van der Waals surface area contributed by atoms with Gasteiger partial charge in [0.05, 0.1) is 6.10 Å². The summed E-state index contributed by atoms with van der Waals surface area (Å²) in [6.07, 6.45) is 3.57. The second-order valence-electron chi connectivity index (χ2n) is 4.79. The number of nitrogens with zero attached hydrogens (tertiary/aromatic N) is 1. The lowest BCUT2D eigenvalue weighted by Gasteiger charge is -2.31. The van der Waals surface area contributed by atoms with Crippen LogP contribution in [0.1, 0.15) is 39.0 Å². The maximum Gasteiger partial charge on any atom is 0.325 e. The molecule has 0 aromatic carbocycles. The molecule has 0 radical (unpaired) electrons. The van der Waals surface area contributed by atoms with Crippen molar-refractivity contribution in [3.63, 3.8) is 0 Å². The van der Waals surface area contributed by atoms with Gasteiger partial charge in [0.15, 0.2) is 0 Å². The Morgan fingerprint density at radius 1 is 1.44 bits per heavy atom. The van der Waals surface area contributed by atoms with Gasteiger partial charge in [-0.1, -0.05) is 12.8 Å². The molecule has 1 saturated carbocycles. The van der Waals surface area contributed by atoms with Crippen LogP contribution in [0.5, 0.6) is 0 Å². The Morgan fingerprint density at radius 2 is 2.06 bits per heavy atom. The van der Waals surface area contributed by atoms with Crippen molar-refractivity contribution in [3.8, 4) is 0 Å². The minimum atomic E-state index is -0.605. The number of carbonyl (C=O) groups is 2. The summed E-state index contributed by atoms with van der Waals surface area (Å²) < 4.78 is 0. The second-order valence-corrected chi connectivity index (χ2v) is 4.79. The smallest absolute Gasteiger partial charge is 0.325 e. The molecule has 1 heterocycles. The van der Waals surface area contributed by atoms with Gasteiger partial charge in [-0.3, -0.25) is 10.1 Å². The van der Waals surface area contributed by atoms with Gasteiger partial charge in [-0.2, -0.15) is 0 Å². The third kappa shape index (κ3) is 1.69. The first kappa shape index (κ1) is 11.4. The van der Waals surface area contributed by atoms with Crippen LogP contribution in [-0.2, 0) is 4.79 Å². The van der Waals surface area contributed by atoms with E-state index in [0.717, 1.165) is 25.7 Å². The highest BCUT2D eigenvalue weighted by Crippen LogP contribution is 2.38. The van der Waals surface area contributed by atoms with Gasteiger partial charge in [0.2, 0.25) is 0 Å². The van der Waals surface area contributed by atoms with E-state index in [2.05, 4.69) is 5.32 Å². The van der Waals surface area contributed by atoms with E-state index >= 15 is 0 Å². The molecule has 1 unspecified atom stereocenters. The number of amides is 3. The summed E-state index contributed by atoms with van der Waals surface area (Å²) >= 11 is 0. The summed E-state index contributed by atoms with van der Waals surface area (Å²) in [7, 11) is 0. The number of carbonyl (C=O) groups excluding carboxylic acids is 2. The predicted molar refractivity (Wildman–Crippen MR) is 57.7 cm³/mol. The molecule has 0 bridgehead atoms. The fourth-order valence-electron chi connectivity index (χ4n) is 2.69. The van der Waals surface area contributed by atoms with Crippen LogP contribution < -0.4 is 5.32 Å². The van der Waals surface area contributed by atoms with Gasteiger partial charge in [0.25, 0.3) is 5.91 Å². The first-order valence-electron chi connectivity index (χ1n) is 5.87. The molecule has 16 heavy (non-hydrogen) atoms. The molecule has 1 spiro atoms. The molecule has 1 aliphatic heterocycles. The fraction of sp³-hybridized carbons (Fsp3) is 0.818. The number of hydrogen-bond donors (Lipinski definition) is 2. The molecule has 2 N–H and O–H groups in total. The molecule has 1 aliphatic carbocycles. The first-order valence-corrected chi connectivity index (χ1v) is 5.87. The summed E-state index contributed by atoms with van der Waals surface area (Å²) in [5.41, 5.74) is -0.605. The molecular formula is C11H18N2O3. The van der Waals surface area contributed by atoms with E-state index in [1.807, 2.05) is 0 Å². The lowest BCUT2D eigenvalue weighted by molar-refractivity contribution is -0.126. The molecule has 2 aliphatic rings. The predicted octanol–water partition coefficient (Wildman–Crippen LogP) is 0.622. The lowest BCUT2D eigenvalue weighted by Crippen LogP contribution is -2.48. The number of aliphatic hydroxyl groups is 1. The molecule has 1 atom stereocenters. The van der Waals surface area contributed by atoms with Crippen LogP contribution in [0.15, 0.2) is 0 Å². The van der Waals surface area contributed by atoms with Crippen molar-refractivity contribution in [3.05, 3.63) is 0 Å². The average molecular weight is 226 g/mol. The van der Waals surface area contributed by atoms with E-state index in [1.165, 1.54) is 0 Å². The van der Waals surface area contributed by atoms with Crippen molar-refractivity contribution < 1.29 is 14.7 Å². The normalized spacial score (nSPS) is 25.2. The van der Waals surface area contributed by atoms with E-state index < -0.39 is 11.6 Å². The number of aliphatic hydroxyl groups excluding tert-OH is 1. The molecule has 0 aromatic heterocycles. The maximum atomic E-state index is 11.8. The van der Waals surface area contributed by atoms with Crippen LogP contribution in [0, 0.1) is 0 Å². The zero-order valence-corrected chi connectivity index (χ0v) is 9.53. The number of rotatable bonds is 3. The van der Waals surface area contributed by atoms with E-state index in [-0.39, 0.29) is 11.9 Å². The number of hydrogen-bond acceptors (Lipinski definition) is 3. The monoisotopic (exact) mass is 226 g/mol. The van der Waals surface area contributed by atoms with Gasteiger partial charge >= 0.3 is 6.03 Å². The first-order chi connectivity index (χ1) is 7.56. The molecule has 2 rings (SSSR count). The summed E-state index contributed by atoms with van der Waals surface area (Å²) in [6, 6.07) is -0.299. The van der Waals surface area contributed by atoms with E-state index in [4.69, 9.17) is 0 Å². The minimum absolute atomic E-state index is 0.152. The van der Waals surface area contributed by atoms with Gasteiger partial charge in [0.1, 0.15) is 5.54 Å². The van der Waals surface area contributed by atoms with Gasteiger partial charge in [-0.15, -0.1) is 0 Å². The summed E-state index contributed by atoms with van der Waals surface area (Å²) in [5.74, 6) is -0.152. The van der Waals surface area contributed by atoms with Gasteiger partial charge in [-0.05, 0) is 26.2 Å². The second kappa shape index (κ2) is 4.05. The van der Waals surface area contributed by atoms with Crippen molar-refractivity contribution in [1.82, 2.24) is 10.2 Å². The Morgan fingerprint density at radius 3 is 2.62 bits per heavy atom. The molecule has 0 aromatic rings. The minimum Gasteiger partial charge on any atom is -0.393 e. The molecule has 5 heteroatoms. The topological polar surface area (TPSA) is 69.6 Å². The number of nitrogens with one attached hydrogen (secondary N) is 1. The van der Waals surface area contributed by atoms with Gasteiger partial charge in [-0.25, -0.2) is 4.79 Å². The third-order valence-corrected chi connectivity index (χ3v) is 3.61. The van der Waals surface area contributed by atoms with Crippen LogP contribution in [-0.4, -0.2) is 40.1 Å². The molecule has 2 fully saturated rings. The van der Waals surface area contributed by atoms with Crippen LogP contribution in [0.3, 0.4) is 0 Å². The quantitative estimate of drug-likeness (QED) is 0.693. The van der Waals surface area contributed by atoms with Crippen LogP contribution >= 0.6 is 0 Å². The van der Waals surface area contributed by atoms with Crippen LogP contribution in [0.2, 0.25) is 0 Å². The summed E-state index contributed by atoms with van der Waals surface area (Å²) in [6.45, 7) is 2.15. The zero-order valence-electron chi connectivity index (χ0n) is 9.53. The Hall–Kier alpha value is -1.10. The highest BCUT2D eigenvalue weighted by Gasteiger charge is 2.53. The van der Waals surface area contributed by atoms with Crippen molar-refractivity contribution in [2.75, 3.05) is 6.54 Å². The van der Waals surface area contributed by atoms with E-state index in [9.17, 15) is 14.7 Å². The van der Waals surface area contributed by atoms with E-state index in [1.54, 1.807) is 11.8 Å². The molecule has 3 amide bonds. The zero-order chi connectivity index (χ0) is 11.8. The van der Waals surface area contributed by atoms with E-state index in [0.29, 0.717) is 13.0 Å². The lowest BCUT2D eigenvalue weighted by atomic mass is 9.96. The Balaban J connectivity index is 2.13. The van der Waals surface area contributed by atoms with Crippen molar-refractivity contribution in [1.29, 1.82) is 0 Å². The molecule has 5 nitrogen and oxygen atoms in total. The van der Waals surface area contributed by atoms with Crippen LogP contribution in [0.25, 0.3) is 0 Å². The molecular weight excluding hydrogens is 208 g/mol. The summed E-state index contributed by atoms with van der Waals surface area (Å²) in [5, 5.41) is 11.6. The Bertz CT molecular complexity index is 308. The van der Waals surface area contributed by atoms with Crippen molar-refractivity contribution in [2.45, 2.75) is 50.7 Å². The van der Waals surface area contributed by atoms with Crippen LogP contribution in [0.4, 0.5) is 4.79 Å². The largest absolute Gasteiger partial charge is 0.393 e. The summed E-state index contributed by atoms with van der Waals surface area (Å²) in [4.78, 5) is 25.1. The number of urea groups is 1. The molecule has 1 saturated heterocycles. The standard InChI is InChI=1S/C11H18N2O3/c1-8(14)4-7-13-10(16)12-9(15)11(13)5-2-3-6-11/h8,14H,2-7H2,1H3,(H,12,15,16). The van der Waals surface area contributed by atoms with Crippen molar-refractivity contribution in [2.24, 2.45) is 0 Å². The number of imide groups is 1. The van der Waals surface area contributed by atoms with Gasteiger partial charge in [0, 0.05) is 6.54 Å². The maximum absolute atomic E-state index is 11.8.